The molecule has 2 aromatic heterocycles. The summed E-state index contributed by atoms with van der Waals surface area (Å²) in [6.45, 7) is -5.22. The van der Waals surface area contributed by atoms with E-state index in [0.717, 1.165) is 0 Å². The number of piperidine rings is 1. The van der Waals surface area contributed by atoms with E-state index in [0.29, 0.717) is 42.6 Å². The van der Waals surface area contributed by atoms with Crippen molar-refractivity contribution in [2.45, 2.75) is 57.4 Å². The second kappa shape index (κ2) is 8.16. The molecule has 1 fully saturated rings. The molecular formula is C23H27FN4O3. The molecule has 0 amide bonds. The third kappa shape index (κ3) is 3.78. The van der Waals surface area contributed by atoms with E-state index in [1.807, 2.05) is 4.90 Å². The molecule has 0 aliphatic carbocycles. The molecular weight excluding hydrogens is 399 g/mol. The van der Waals surface area contributed by atoms with Crippen LogP contribution in [0.4, 0.5) is 4.39 Å². The highest BCUT2D eigenvalue weighted by molar-refractivity contribution is 5.79. The highest BCUT2D eigenvalue weighted by atomic mass is 19.1. The van der Waals surface area contributed by atoms with Crippen LogP contribution in [0.3, 0.4) is 0 Å². The van der Waals surface area contributed by atoms with Gasteiger partial charge < -0.3 is 14.5 Å². The molecule has 8 heteroatoms. The normalized spacial score (nSPS) is 32.7. The maximum absolute atomic E-state index is 13.6. The topological polar surface area (TPSA) is 84.4 Å². The van der Waals surface area contributed by atoms with Gasteiger partial charge in [0.25, 0.3) is 5.56 Å². The summed E-state index contributed by atoms with van der Waals surface area (Å²) in [5.41, 5.74) is -1.48. The van der Waals surface area contributed by atoms with Gasteiger partial charge in [-0.15, -0.1) is 0 Å². The Morgan fingerprint density at radius 3 is 3.06 bits per heavy atom. The summed E-state index contributed by atoms with van der Waals surface area (Å²) in [4.78, 5) is 19.3. The van der Waals surface area contributed by atoms with Gasteiger partial charge in [0.05, 0.1) is 7.06 Å². The molecule has 0 saturated carbocycles. The summed E-state index contributed by atoms with van der Waals surface area (Å²) < 4.78 is 99.4. The maximum atomic E-state index is 13.6. The van der Waals surface area contributed by atoms with Crippen molar-refractivity contribution in [3.05, 3.63) is 57.1 Å². The van der Waals surface area contributed by atoms with Gasteiger partial charge in [-0.25, -0.2) is 9.37 Å². The number of nitrogens with zero attached hydrogens (tertiary/aromatic N) is 4. The zero-order valence-electron chi connectivity index (χ0n) is 26.5. The standard InChI is InChI=1S/C23H27FN4O3/c1-14-17(23(30)28-9-2-3-19(29)22(28)25-14)8-12-27-10-6-15(7-11-27)21-18-5-4-16(24)13-20(18)31-26-21/h4-5,13,15,19,29H,2-3,6-12H2,1H3/i1D3,2D2,3D2,9D2,19D. The molecule has 0 spiro atoms. The number of rotatable bonds is 4. The van der Waals surface area contributed by atoms with Crippen LogP contribution in [0.2, 0.25) is 0 Å². The van der Waals surface area contributed by atoms with Gasteiger partial charge in [-0.1, -0.05) is 5.16 Å². The Hall–Kier alpha value is -2.58. The third-order valence-corrected chi connectivity index (χ3v) is 5.85. The Labute approximate surface area is 193 Å². The fourth-order valence-corrected chi connectivity index (χ4v) is 4.17. The van der Waals surface area contributed by atoms with Crippen molar-refractivity contribution < 1.29 is 27.7 Å². The minimum Gasteiger partial charge on any atom is -0.385 e. The molecule has 3 aromatic rings. The first kappa shape index (κ1) is 11.9. The molecule has 1 saturated heterocycles. The number of aryl methyl sites for hydroxylation is 1. The van der Waals surface area contributed by atoms with E-state index < -0.39 is 60.6 Å². The predicted molar refractivity (Wildman–Crippen MR) is 114 cm³/mol. The molecule has 1 atom stereocenters. The lowest BCUT2D eigenvalue weighted by atomic mass is 9.91. The third-order valence-electron chi connectivity index (χ3n) is 5.85. The van der Waals surface area contributed by atoms with E-state index in [9.17, 15) is 14.3 Å². The van der Waals surface area contributed by atoms with Crippen molar-refractivity contribution in [2.75, 3.05) is 19.6 Å². The van der Waals surface area contributed by atoms with Gasteiger partial charge >= 0.3 is 0 Å². The second-order valence-corrected chi connectivity index (χ2v) is 7.69. The lowest BCUT2D eigenvalue weighted by molar-refractivity contribution is 0.129. The van der Waals surface area contributed by atoms with Gasteiger partial charge in [0, 0.05) is 54.0 Å². The summed E-state index contributed by atoms with van der Waals surface area (Å²) in [6.07, 6.45) is -9.67. The average Bonchev–Trinajstić information content (AvgIpc) is 3.29. The van der Waals surface area contributed by atoms with Crippen LogP contribution in [-0.2, 0) is 12.9 Å². The number of aliphatic hydroxyl groups is 1. The Balaban J connectivity index is 1.43. The zero-order chi connectivity index (χ0) is 30.3. The number of hydrogen-bond acceptors (Lipinski definition) is 6. The van der Waals surface area contributed by atoms with Crippen molar-refractivity contribution in [1.29, 1.82) is 0 Å². The summed E-state index contributed by atoms with van der Waals surface area (Å²) in [5.74, 6) is -1.64. The Bertz CT molecular complexity index is 1560. The second-order valence-electron chi connectivity index (χ2n) is 7.69. The van der Waals surface area contributed by atoms with Gasteiger partial charge in [0.2, 0.25) is 0 Å². The van der Waals surface area contributed by atoms with Crippen molar-refractivity contribution in [3.63, 3.8) is 0 Å². The lowest BCUT2D eigenvalue weighted by Crippen LogP contribution is -2.37. The smallest absolute Gasteiger partial charge is 0.257 e. The van der Waals surface area contributed by atoms with Crippen molar-refractivity contribution in [3.8, 4) is 0 Å². The number of likely N-dealkylation sites (tertiary alicyclic amines) is 1. The molecule has 2 aliphatic heterocycles. The number of aromatic nitrogens is 3. The Kier molecular flexibility index (Phi) is 3.13. The SMILES string of the molecule is [2H]C([2H])([2H])c1nc2n(c(=O)c1CCN1CCC(c3noc4cc(F)ccc34)CC1)C([2H])([2H])C([2H])([2H])C([2H])([2H])C2([2H])O. The molecule has 31 heavy (non-hydrogen) atoms. The van der Waals surface area contributed by atoms with Crippen LogP contribution in [0, 0.1) is 12.7 Å². The van der Waals surface area contributed by atoms with E-state index in [2.05, 4.69) is 10.1 Å². The number of hydrogen-bond donors (Lipinski definition) is 1. The largest absolute Gasteiger partial charge is 0.385 e. The van der Waals surface area contributed by atoms with Crippen LogP contribution in [0.1, 0.15) is 74.1 Å². The van der Waals surface area contributed by atoms with Crippen LogP contribution in [-0.4, -0.2) is 44.3 Å². The van der Waals surface area contributed by atoms with E-state index >= 15 is 0 Å². The summed E-state index contributed by atoms with van der Waals surface area (Å²) >= 11 is 0. The Morgan fingerprint density at radius 1 is 1.42 bits per heavy atom. The first-order chi connectivity index (χ1) is 18.8. The first-order valence-corrected chi connectivity index (χ1v) is 9.99. The van der Waals surface area contributed by atoms with E-state index in [1.54, 1.807) is 6.07 Å². The number of benzene rings is 1. The quantitative estimate of drug-likeness (QED) is 0.677. The van der Waals surface area contributed by atoms with Crippen molar-refractivity contribution in [2.24, 2.45) is 0 Å². The van der Waals surface area contributed by atoms with Crippen LogP contribution < -0.4 is 5.56 Å². The van der Waals surface area contributed by atoms with Crippen molar-refractivity contribution >= 4 is 11.0 Å². The molecule has 4 heterocycles. The molecule has 0 bridgehead atoms. The van der Waals surface area contributed by atoms with Crippen LogP contribution in [0.15, 0.2) is 27.5 Å². The van der Waals surface area contributed by atoms with Crippen molar-refractivity contribution in [1.82, 2.24) is 19.6 Å². The van der Waals surface area contributed by atoms with Crippen LogP contribution in [0.5, 0.6) is 0 Å². The highest BCUT2D eigenvalue weighted by Crippen LogP contribution is 2.32. The summed E-state index contributed by atoms with van der Waals surface area (Å²) in [6, 6.07) is 4.20. The minimum atomic E-state index is -3.59. The monoisotopic (exact) mass is 436 g/mol. The van der Waals surface area contributed by atoms with Gasteiger partial charge in [0.15, 0.2) is 5.58 Å². The molecule has 0 radical (unpaired) electrons. The molecule has 164 valence electrons. The van der Waals surface area contributed by atoms with Crippen LogP contribution >= 0.6 is 0 Å². The van der Waals surface area contributed by atoms with Gasteiger partial charge in [-0.3, -0.25) is 9.36 Å². The Morgan fingerprint density at radius 2 is 2.26 bits per heavy atom. The lowest BCUT2D eigenvalue weighted by Gasteiger charge is -2.31. The van der Waals surface area contributed by atoms with Gasteiger partial charge in [-0.05, 0) is 64.1 Å². The molecule has 1 N–H and O–H groups in total. The van der Waals surface area contributed by atoms with E-state index in [4.69, 9.17) is 18.2 Å². The summed E-state index contributed by atoms with van der Waals surface area (Å²) in [5, 5.41) is 15.5. The summed E-state index contributed by atoms with van der Waals surface area (Å²) in [7, 11) is 0. The van der Waals surface area contributed by atoms with E-state index in [-0.39, 0.29) is 23.5 Å². The molecule has 1 unspecified atom stereocenters. The fourth-order valence-electron chi connectivity index (χ4n) is 4.17. The van der Waals surface area contributed by atoms with Gasteiger partial charge in [-0.2, -0.15) is 0 Å². The predicted octanol–water partition coefficient (Wildman–Crippen LogP) is 3.08. The molecule has 2 aliphatic rings. The molecule has 5 rings (SSSR count). The first-order valence-electron chi connectivity index (χ1n) is 15.0. The highest BCUT2D eigenvalue weighted by Gasteiger charge is 2.26. The van der Waals surface area contributed by atoms with Gasteiger partial charge in [0.1, 0.15) is 17.7 Å². The maximum Gasteiger partial charge on any atom is 0.257 e. The fraction of sp³-hybridized carbons (Fsp3) is 0.522. The van der Waals surface area contributed by atoms with Crippen LogP contribution in [0.25, 0.3) is 11.0 Å². The minimum absolute atomic E-state index is 0.0196. The van der Waals surface area contributed by atoms with E-state index in [1.165, 1.54) is 12.1 Å². The number of halogens is 1. The number of fused-ring (bicyclic) bond motifs is 2. The zero-order valence-corrected chi connectivity index (χ0v) is 16.5. The molecule has 1 aromatic carbocycles. The average molecular weight is 437 g/mol. The molecule has 7 nitrogen and oxygen atoms in total.